The molecule has 0 spiro atoms. The molecular formula is C24H23ClN4O4S. The van der Waals surface area contributed by atoms with Crippen LogP contribution in [0.25, 0.3) is 10.2 Å². The molecule has 0 atom stereocenters. The van der Waals surface area contributed by atoms with Crippen molar-refractivity contribution in [2.24, 2.45) is 0 Å². The number of hydrogen-bond acceptors (Lipinski definition) is 7. The van der Waals surface area contributed by atoms with Crippen LogP contribution in [0.4, 0.5) is 5.13 Å². The summed E-state index contributed by atoms with van der Waals surface area (Å²) in [6, 6.07) is 12.0. The van der Waals surface area contributed by atoms with Crippen LogP contribution in [0, 0.1) is 0 Å². The Kier molecular flexibility index (Phi) is 6.60. The second kappa shape index (κ2) is 9.79. The molecule has 1 fully saturated rings. The minimum absolute atomic E-state index is 0.328. The quantitative estimate of drug-likeness (QED) is 0.465. The Labute approximate surface area is 205 Å². The second-order valence-corrected chi connectivity index (χ2v) is 9.65. The third-order valence-corrected chi connectivity index (χ3v) is 7.28. The number of rotatable bonds is 7. The zero-order valence-corrected chi connectivity index (χ0v) is 20.0. The Balaban J connectivity index is 1.36. The molecule has 2 aliphatic heterocycles. The highest BCUT2D eigenvalue weighted by Gasteiger charge is 2.37. The zero-order valence-electron chi connectivity index (χ0n) is 18.4. The lowest BCUT2D eigenvalue weighted by Gasteiger charge is -2.28. The van der Waals surface area contributed by atoms with Crippen molar-refractivity contribution >= 4 is 56.0 Å². The lowest BCUT2D eigenvalue weighted by Crippen LogP contribution is -2.44. The van der Waals surface area contributed by atoms with E-state index in [2.05, 4.69) is 9.88 Å². The predicted molar refractivity (Wildman–Crippen MR) is 131 cm³/mol. The number of benzene rings is 2. The van der Waals surface area contributed by atoms with Crippen LogP contribution in [0.1, 0.15) is 27.1 Å². The molecule has 5 rings (SSSR count). The first-order valence-corrected chi connectivity index (χ1v) is 12.3. The third kappa shape index (κ3) is 4.56. The zero-order chi connectivity index (χ0) is 23.7. The maximum Gasteiger partial charge on any atom is 0.262 e. The van der Waals surface area contributed by atoms with Gasteiger partial charge in [-0.25, -0.2) is 4.98 Å². The number of carbonyl (C=O) groups is 3. The number of imide groups is 1. The summed E-state index contributed by atoms with van der Waals surface area (Å²) in [5, 5.41) is 1.12. The van der Waals surface area contributed by atoms with E-state index in [1.54, 1.807) is 35.2 Å². The summed E-state index contributed by atoms with van der Waals surface area (Å²) in [5.74, 6) is -1.24. The van der Waals surface area contributed by atoms with Gasteiger partial charge in [0.25, 0.3) is 11.8 Å². The maximum absolute atomic E-state index is 13.5. The molecule has 10 heteroatoms. The van der Waals surface area contributed by atoms with Gasteiger partial charge < -0.3 is 4.74 Å². The molecule has 1 saturated heterocycles. The van der Waals surface area contributed by atoms with Crippen molar-refractivity contribution in [2.45, 2.75) is 6.42 Å². The number of ether oxygens (including phenoxy) is 1. The number of halogens is 1. The van der Waals surface area contributed by atoms with Crippen LogP contribution in [0.3, 0.4) is 0 Å². The van der Waals surface area contributed by atoms with Gasteiger partial charge in [0.05, 0.1) is 34.6 Å². The van der Waals surface area contributed by atoms with Gasteiger partial charge in [-0.15, -0.1) is 0 Å². The minimum atomic E-state index is -0.446. The van der Waals surface area contributed by atoms with Crippen molar-refractivity contribution in [3.63, 3.8) is 0 Å². The van der Waals surface area contributed by atoms with Crippen LogP contribution in [0.15, 0.2) is 42.5 Å². The van der Waals surface area contributed by atoms with Crippen LogP contribution < -0.4 is 4.90 Å². The van der Waals surface area contributed by atoms with E-state index in [0.717, 1.165) is 41.2 Å². The normalized spacial score (nSPS) is 16.3. The smallest absolute Gasteiger partial charge is 0.262 e. The average Bonchev–Trinajstić information content (AvgIpc) is 3.37. The SMILES string of the molecule is O=C1c2ccccc2C(=O)N1CC(=O)N(CCCN1CCOCC1)c1nc2ccc(Cl)cc2s1. The van der Waals surface area contributed by atoms with Crippen molar-refractivity contribution < 1.29 is 19.1 Å². The number of anilines is 1. The van der Waals surface area contributed by atoms with Gasteiger partial charge in [-0.1, -0.05) is 35.1 Å². The molecule has 176 valence electrons. The molecule has 0 bridgehead atoms. The van der Waals surface area contributed by atoms with Crippen LogP contribution in [0.2, 0.25) is 5.02 Å². The topological polar surface area (TPSA) is 83.1 Å². The number of morpholine rings is 1. The molecule has 3 amide bonds. The van der Waals surface area contributed by atoms with E-state index >= 15 is 0 Å². The Morgan fingerprint density at radius 2 is 1.79 bits per heavy atom. The van der Waals surface area contributed by atoms with E-state index in [-0.39, 0.29) is 12.5 Å². The lowest BCUT2D eigenvalue weighted by molar-refractivity contribution is -0.119. The number of aromatic nitrogens is 1. The van der Waals surface area contributed by atoms with Crippen LogP contribution in [-0.2, 0) is 9.53 Å². The fraction of sp³-hybridized carbons (Fsp3) is 0.333. The van der Waals surface area contributed by atoms with E-state index in [1.807, 2.05) is 12.1 Å². The van der Waals surface area contributed by atoms with Gasteiger partial charge >= 0.3 is 0 Å². The number of nitrogens with zero attached hydrogens (tertiary/aromatic N) is 4. The molecule has 0 saturated carbocycles. The van der Waals surface area contributed by atoms with Crippen LogP contribution in [0.5, 0.6) is 0 Å². The summed E-state index contributed by atoms with van der Waals surface area (Å²) >= 11 is 7.50. The molecule has 3 heterocycles. The molecule has 0 N–H and O–H groups in total. The van der Waals surface area contributed by atoms with Gasteiger partial charge in [0.15, 0.2) is 5.13 Å². The molecular weight excluding hydrogens is 476 g/mol. The van der Waals surface area contributed by atoms with Crippen molar-refractivity contribution in [1.29, 1.82) is 0 Å². The Bertz CT molecular complexity index is 1220. The molecule has 34 heavy (non-hydrogen) atoms. The van der Waals surface area contributed by atoms with Crippen LogP contribution >= 0.6 is 22.9 Å². The standard InChI is InChI=1S/C24H23ClN4O4S/c25-16-6-7-19-20(14-16)34-24(26-19)28(9-3-8-27-10-12-33-13-11-27)21(30)15-29-22(31)17-4-1-2-5-18(17)23(29)32/h1-2,4-7,14H,3,8-13,15H2. The number of thiazole rings is 1. The monoisotopic (exact) mass is 498 g/mol. The molecule has 1 aromatic heterocycles. The van der Waals surface area contributed by atoms with Crippen molar-refractivity contribution in [2.75, 3.05) is 50.8 Å². The summed E-state index contributed by atoms with van der Waals surface area (Å²) in [4.78, 5) is 48.6. The Hall–Kier alpha value is -2.85. The number of carbonyl (C=O) groups excluding carboxylic acids is 3. The van der Waals surface area contributed by atoms with Gasteiger partial charge in [0, 0.05) is 31.2 Å². The fourth-order valence-electron chi connectivity index (χ4n) is 4.21. The Morgan fingerprint density at radius 3 is 2.50 bits per heavy atom. The predicted octanol–water partition coefficient (Wildman–Crippen LogP) is 3.30. The molecule has 0 aliphatic carbocycles. The highest BCUT2D eigenvalue weighted by Crippen LogP contribution is 2.31. The summed E-state index contributed by atoms with van der Waals surface area (Å²) < 4.78 is 6.27. The van der Waals surface area contributed by atoms with E-state index in [9.17, 15) is 14.4 Å². The first-order chi connectivity index (χ1) is 16.5. The van der Waals surface area contributed by atoms with Gasteiger partial charge in [0.1, 0.15) is 6.54 Å². The number of hydrogen-bond donors (Lipinski definition) is 0. The fourth-order valence-corrected chi connectivity index (χ4v) is 5.49. The highest BCUT2D eigenvalue weighted by molar-refractivity contribution is 7.22. The first kappa shape index (κ1) is 22.9. The van der Waals surface area contributed by atoms with Gasteiger partial charge in [-0.3, -0.25) is 29.1 Å². The number of fused-ring (bicyclic) bond motifs is 2. The molecule has 2 aromatic carbocycles. The van der Waals surface area contributed by atoms with Gasteiger partial charge in [-0.2, -0.15) is 0 Å². The summed E-state index contributed by atoms with van der Waals surface area (Å²) in [5.41, 5.74) is 1.40. The van der Waals surface area contributed by atoms with Gasteiger partial charge in [0.2, 0.25) is 5.91 Å². The third-order valence-electron chi connectivity index (χ3n) is 6.00. The molecule has 0 radical (unpaired) electrons. The van der Waals surface area contributed by atoms with E-state index < -0.39 is 11.8 Å². The van der Waals surface area contributed by atoms with Crippen LogP contribution in [-0.4, -0.2) is 78.4 Å². The highest BCUT2D eigenvalue weighted by atomic mass is 35.5. The van der Waals surface area contributed by atoms with E-state index in [1.165, 1.54) is 11.3 Å². The lowest BCUT2D eigenvalue weighted by atomic mass is 10.1. The molecule has 0 unspecified atom stereocenters. The van der Waals surface area contributed by atoms with Crippen molar-refractivity contribution in [3.05, 3.63) is 58.6 Å². The van der Waals surface area contributed by atoms with Crippen molar-refractivity contribution in [1.82, 2.24) is 14.8 Å². The second-order valence-electron chi connectivity index (χ2n) is 8.20. The summed E-state index contributed by atoms with van der Waals surface area (Å²) in [7, 11) is 0. The van der Waals surface area contributed by atoms with Gasteiger partial charge in [-0.05, 0) is 36.8 Å². The van der Waals surface area contributed by atoms with E-state index in [0.29, 0.717) is 41.0 Å². The van der Waals surface area contributed by atoms with Crippen molar-refractivity contribution in [3.8, 4) is 0 Å². The summed E-state index contributed by atoms with van der Waals surface area (Å²) in [6.07, 6.45) is 0.727. The molecule has 2 aliphatic rings. The Morgan fingerprint density at radius 1 is 1.09 bits per heavy atom. The largest absolute Gasteiger partial charge is 0.379 e. The minimum Gasteiger partial charge on any atom is -0.379 e. The van der Waals surface area contributed by atoms with E-state index in [4.69, 9.17) is 16.3 Å². The first-order valence-electron chi connectivity index (χ1n) is 11.1. The average molecular weight is 499 g/mol. The molecule has 3 aromatic rings. The molecule has 8 nitrogen and oxygen atoms in total. The maximum atomic E-state index is 13.5. The summed E-state index contributed by atoms with van der Waals surface area (Å²) in [6.45, 7) is 4.05. The number of amides is 3.